The molecule has 35 heavy (non-hydrogen) atoms. The van der Waals surface area contributed by atoms with Crippen LogP contribution in [0.1, 0.15) is 5.56 Å². The van der Waals surface area contributed by atoms with Crippen molar-refractivity contribution < 1.29 is 32.8 Å². The van der Waals surface area contributed by atoms with E-state index in [0.717, 1.165) is 13.1 Å². The minimum Gasteiger partial charge on any atom is -0.475 e. The maximum atomic E-state index is 12.2. The standard InChI is InChI=1S/C19H17Cl2N3O3S.C2HF3O2/c20-14-3-5-17(15(21)12-14)28-18-4-1-13(11-16(18)24(26)27)2-6-19(25)23-9-7-22-8-10-23;3-2(4,5)1(6)7/h1-6,11-12,22H,7-10H2;(H,6,7)/b6-2+;. The number of halogens is 5. The highest BCUT2D eigenvalue weighted by Crippen LogP contribution is 2.39. The van der Waals surface area contributed by atoms with Gasteiger partial charge in [0, 0.05) is 48.2 Å². The average Bonchev–Trinajstić information content (AvgIpc) is 2.80. The number of carbonyl (C=O) groups excluding carboxylic acids is 1. The molecule has 0 unspecified atom stereocenters. The molecule has 1 amide bonds. The van der Waals surface area contributed by atoms with Crippen LogP contribution in [0.4, 0.5) is 18.9 Å². The first-order valence-corrected chi connectivity index (χ1v) is 11.3. The topological polar surface area (TPSA) is 113 Å². The molecule has 3 rings (SSSR count). The number of piperazine rings is 1. The number of amides is 1. The first-order valence-electron chi connectivity index (χ1n) is 9.77. The van der Waals surface area contributed by atoms with E-state index in [1.807, 2.05) is 0 Å². The van der Waals surface area contributed by atoms with Crippen molar-refractivity contribution in [3.8, 4) is 0 Å². The number of nitro groups is 1. The van der Waals surface area contributed by atoms with Crippen LogP contribution in [-0.4, -0.2) is 59.2 Å². The number of carboxylic acids is 1. The van der Waals surface area contributed by atoms with Crippen LogP contribution in [0.5, 0.6) is 0 Å². The maximum absolute atomic E-state index is 12.2. The van der Waals surface area contributed by atoms with Crippen LogP contribution in [-0.2, 0) is 9.59 Å². The van der Waals surface area contributed by atoms with E-state index in [1.165, 1.54) is 23.9 Å². The molecule has 1 fully saturated rings. The Morgan fingerprint density at radius 2 is 1.71 bits per heavy atom. The van der Waals surface area contributed by atoms with Gasteiger partial charge in [0.05, 0.1) is 14.8 Å². The molecule has 0 aliphatic carbocycles. The van der Waals surface area contributed by atoms with Gasteiger partial charge in [-0.15, -0.1) is 0 Å². The summed E-state index contributed by atoms with van der Waals surface area (Å²) in [5.74, 6) is -2.86. The van der Waals surface area contributed by atoms with Gasteiger partial charge in [0.25, 0.3) is 5.69 Å². The molecule has 0 spiro atoms. The molecule has 188 valence electrons. The van der Waals surface area contributed by atoms with Crippen molar-refractivity contribution in [3.63, 3.8) is 0 Å². The van der Waals surface area contributed by atoms with E-state index < -0.39 is 17.1 Å². The van der Waals surface area contributed by atoms with Gasteiger partial charge in [-0.3, -0.25) is 14.9 Å². The lowest BCUT2D eigenvalue weighted by Gasteiger charge is -2.26. The zero-order chi connectivity index (χ0) is 26.2. The van der Waals surface area contributed by atoms with Crippen molar-refractivity contribution >= 4 is 58.6 Å². The second kappa shape index (κ2) is 12.8. The van der Waals surface area contributed by atoms with Gasteiger partial charge in [-0.05, 0) is 35.9 Å². The lowest BCUT2D eigenvalue weighted by molar-refractivity contribution is -0.387. The number of nitrogens with zero attached hydrogens (tertiary/aromatic N) is 2. The molecule has 1 heterocycles. The van der Waals surface area contributed by atoms with Crippen molar-refractivity contribution in [2.45, 2.75) is 16.0 Å². The Kier molecular flexibility index (Phi) is 10.4. The Bertz CT molecular complexity index is 1130. The summed E-state index contributed by atoms with van der Waals surface area (Å²) in [5, 5.41) is 22.8. The zero-order valence-electron chi connectivity index (χ0n) is 17.7. The van der Waals surface area contributed by atoms with Crippen molar-refractivity contribution in [1.29, 1.82) is 0 Å². The van der Waals surface area contributed by atoms with Gasteiger partial charge in [0.2, 0.25) is 5.91 Å². The predicted octanol–water partition coefficient (Wildman–Crippen LogP) is 5.13. The van der Waals surface area contributed by atoms with Crippen LogP contribution < -0.4 is 5.32 Å². The van der Waals surface area contributed by atoms with Gasteiger partial charge in [0.1, 0.15) is 0 Å². The number of nitro benzene ring substituents is 1. The van der Waals surface area contributed by atoms with Crippen LogP contribution in [0, 0.1) is 10.1 Å². The van der Waals surface area contributed by atoms with Crippen LogP contribution in [0.3, 0.4) is 0 Å². The Morgan fingerprint density at radius 3 is 2.26 bits per heavy atom. The lowest BCUT2D eigenvalue weighted by atomic mass is 10.2. The molecule has 0 saturated carbocycles. The maximum Gasteiger partial charge on any atom is 0.490 e. The van der Waals surface area contributed by atoms with E-state index in [0.29, 0.717) is 38.5 Å². The van der Waals surface area contributed by atoms with Gasteiger partial charge in [-0.25, -0.2) is 4.79 Å². The van der Waals surface area contributed by atoms with E-state index in [4.69, 9.17) is 33.1 Å². The fraction of sp³-hybridized carbons (Fsp3) is 0.238. The average molecular weight is 552 g/mol. The van der Waals surface area contributed by atoms with Crippen molar-refractivity contribution in [1.82, 2.24) is 10.2 Å². The number of hydrogen-bond acceptors (Lipinski definition) is 6. The second-order valence-corrected chi connectivity index (χ2v) is 8.80. The Hall–Kier alpha value is -2.80. The monoisotopic (exact) mass is 551 g/mol. The quantitative estimate of drug-likeness (QED) is 0.301. The molecule has 0 aromatic heterocycles. The lowest BCUT2D eigenvalue weighted by Crippen LogP contribution is -2.45. The number of benzene rings is 2. The van der Waals surface area contributed by atoms with E-state index in [-0.39, 0.29) is 11.6 Å². The van der Waals surface area contributed by atoms with E-state index in [9.17, 15) is 28.1 Å². The summed E-state index contributed by atoms with van der Waals surface area (Å²) < 4.78 is 31.7. The number of hydrogen-bond donors (Lipinski definition) is 2. The number of carbonyl (C=O) groups is 2. The summed E-state index contributed by atoms with van der Waals surface area (Å²) >= 11 is 13.3. The minimum absolute atomic E-state index is 0.0483. The molecular weight excluding hydrogens is 534 g/mol. The summed E-state index contributed by atoms with van der Waals surface area (Å²) in [4.78, 5) is 35.1. The number of aliphatic carboxylic acids is 1. The second-order valence-electron chi connectivity index (χ2n) is 6.87. The summed E-state index contributed by atoms with van der Waals surface area (Å²) in [6, 6.07) is 9.84. The van der Waals surface area contributed by atoms with E-state index in [2.05, 4.69) is 5.32 Å². The molecule has 1 aliphatic rings. The molecule has 2 aromatic rings. The number of nitrogens with one attached hydrogen (secondary N) is 1. The first kappa shape index (κ1) is 28.4. The van der Waals surface area contributed by atoms with Crippen molar-refractivity contribution in [2.24, 2.45) is 0 Å². The van der Waals surface area contributed by atoms with Crippen LogP contribution >= 0.6 is 35.0 Å². The minimum atomic E-state index is -5.08. The number of carboxylic acid groups (broad SMARTS) is 1. The third-order valence-corrected chi connectivity index (χ3v) is 6.18. The van der Waals surface area contributed by atoms with Crippen LogP contribution in [0.15, 0.2) is 52.3 Å². The molecule has 0 radical (unpaired) electrons. The molecular formula is C21H18Cl2F3N3O5S. The highest BCUT2D eigenvalue weighted by atomic mass is 35.5. The highest BCUT2D eigenvalue weighted by molar-refractivity contribution is 7.99. The Labute approximate surface area is 211 Å². The van der Waals surface area contributed by atoms with E-state index in [1.54, 1.807) is 41.3 Å². The molecule has 0 bridgehead atoms. The molecule has 8 nitrogen and oxygen atoms in total. The zero-order valence-corrected chi connectivity index (χ0v) is 20.0. The van der Waals surface area contributed by atoms with Crippen LogP contribution in [0.2, 0.25) is 10.0 Å². The molecule has 1 saturated heterocycles. The van der Waals surface area contributed by atoms with Gasteiger partial charge in [-0.2, -0.15) is 13.2 Å². The summed E-state index contributed by atoms with van der Waals surface area (Å²) in [6.45, 7) is 2.84. The van der Waals surface area contributed by atoms with Gasteiger partial charge in [0.15, 0.2) is 0 Å². The van der Waals surface area contributed by atoms with Crippen LogP contribution in [0.25, 0.3) is 6.08 Å². The SMILES string of the molecule is O=C(/C=C/c1ccc(Sc2ccc(Cl)cc2Cl)c([N+](=O)[O-])c1)N1CCNCC1.O=C(O)C(F)(F)F. The third-order valence-electron chi connectivity index (χ3n) is 4.38. The first-order chi connectivity index (χ1) is 16.4. The molecule has 0 atom stereocenters. The third kappa shape index (κ3) is 9.06. The normalized spacial score (nSPS) is 13.8. The summed E-state index contributed by atoms with van der Waals surface area (Å²) in [6.07, 6.45) is -2.03. The predicted molar refractivity (Wildman–Crippen MR) is 126 cm³/mol. The largest absolute Gasteiger partial charge is 0.490 e. The van der Waals surface area contributed by atoms with Crippen molar-refractivity contribution in [2.75, 3.05) is 26.2 Å². The molecule has 14 heteroatoms. The van der Waals surface area contributed by atoms with Crippen molar-refractivity contribution in [3.05, 3.63) is 68.2 Å². The summed E-state index contributed by atoms with van der Waals surface area (Å²) in [5.41, 5.74) is 0.537. The Morgan fingerprint density at radius 1 is 1.11 bits per heavy atom. The smallest absolute Gasteiger partial charge is 0.475 e. The fourth-order valence-electron chi connectivity index (χ4n) is 2.70. The van der Waals surface area contributed by atoms with Gasteiger partial charge in [-0.1, -0.05) is 41.0 Å². The molecule has 1 aliphatic heterocycles. The number of rotatable bonds is 5. The van der Waals surface area contributed by atoms with Gasteiger partial charge >= 0.3 is 12.1 Å². The Balaban J connectivity index is 0.000000540. The fourth-order valence-corrected chi connectivity index (χ4v) is 4.13. The molecule has 2 aromatic carbocycles. The summed E-state index contributed by atoms with van der Waals surface area (Å²) in [7, 11) is 0. The molecule has 2 N–H and O–H groups in total. The van der Waals surface area contributed by atoms with E-state index >= 15 is 0 Å². The number of alkyl halides is 3. The van der Waals surface area contributed by atoms with Gasteiger partial charge < -0.3 is 15.3 Å². The highest BCUT2D eigenvalue weighted by Gasteiger charge is 2.38.